The van der Waals surface area contributed by atoms with Gasteiger partial charge in [-0.2, -0.15) is 0 Å². The molecular weight excluding hydrogens is 385 g/mol. The Balaban J connectivity index is 2.15. The predicted molar refractivity (Wildman–Crippen MR) is 120 cm³/mol. The van der Waals surface area contributed by atoms with Crippen molar-refractivity contribution < 1.29 is 13.2 Å². The summed E-state index contributed by atoms with van der Waals surface area (Å²) in [5.74, 6) is -1.75. The molecule has 2 nitrogen and oxygen atoms in total. The maximum atomic E-state index is 13.9. The van der Waals surface area contributed by atoms with E-state index in [1.807, 2.05) is 32.1 Å². The Kier molecular flexibility index (Phi) is 9.52. The molecule has 1 saturated heterocycles. The molecule has 1 atom stereocenters. The highest BCUT2D eigenvalue weighted by Crippen LogP contribution is 2.19. The van der Waals surface area contributed by atoms with Crippen LogP contribution in [0.15, 0.2) is 72.1 Å². The Morgan fingerprint density at radius 1 is 1.23 bits per heavy atom. The van der Waals surface area contributed by atoms with Gasteiger partial charge in [0.15, 0.2) is 11.6 Å². The lowest BCUT2D eigenvalue weighted by molar-refractivity contribution is 0.263. The molecule has 0 saturated carbocycles. The first-order valence-corrected chi connectivity index (χ1v) is 10.4. The van der Waals surface area contributed by atoms with Crippen molar-refractivity contribution in [2.75, 3.05) is 19.8 Å². The topological polar surface area (TPSA) is 15.3 Å². The summed E-state index contributed by atoms with van der Waals surface area (Å²) < 4.78 is 41.0. The summed E-state index contributed by atoms with van der Waals surface area (Å²) >= 11 is 0. The van der Waals surface area contributed by atoms with Gasteiger partial charge in [0.25, 0.3) is 0 Å². The number of alkyl halides is 1. The fraction of sp³-hybridized carbons (Fsp3) is 0.360. The van der Waals surface area contributed by atoms with Gasteiger partial charge >= 0.3 is 0 Å². The van der Waals surface area contributed by atoms with Crippen molar-refractivity contribution in [3.05, 3.63) is 89.3 Å². The molecule has 1 aliphatic heterocycles. The second-order valence-corrected chi connectivity index (χ2v) is 7.31. The summed E-state index contributed by atoms with van der Waals surface area (Å²) in [5.41, 5.74) is 2.49. The lowest BCUT2D eigenvalue weighted by Crippen LogP contribution is -2.31. The number of halogens is 3. The monoisotopic (exact) mass is 416 g/mol. The Hall–Kier alpha value is -2.69. The van der Waals surface area contributed by atoms with Crippen LogP contribution in [0.25, 0.3) is 6.08 Å². The van der Waals surface area contributed by atoms with Crippen LogP contribution >= 0.6 is 0 Å². The van der Waals surface area contributed by atoms with Gasteiger partial charge in [0.2, 0.25) is 0 Å². The first kappa shape index (κ1) is 23.6. The molecule has 1 aromatic rings. The van der Waals surface area contributed by atoms with Crippen LogP contribution in [0.1, 0.15) is 38.7 Å². The molecule has 1 unspecified atom stereocenters. The van der Waals surface area contributed by atoms with Crippen LogP contribution in [-0.2, 0) is 0 Å². The summed E-state index contributed by atoms with van der Waals surface area (Å²) in [7, 11) is 0. The van der Waals surface area contributed by atoms with Gasteiger partial charge in [-0.05, 0) is 63.0 Å². The second-order valence-electron chi connectivity index (χ2n) is 7.31. The maximum Gasteiger partial charge on any atom is 0.166 e. The van der Waals surface area contributed by atoms with E-state index in [1.165, 1.54) is 24.6 Å². The standard InChI is InChI=1S/C25H31F3N2/c1-4-10-21(17-23(18-26)30-15-7-6-8-16-30)19(3)29-22(5-2)14-13-20-11-9-12-24(27)25(20)28/h4-5,9-14,17,19,29H,1,6-8,15-16,18H2,2-3H3/b14-13+,21-10+,22-5-,23-17+. The number of hydrogen-bond donors (Lipinski definition) is 1. The molecule has 1 fully saturated rings. The zero-order valence-corrected chi connectivity index (χ0v) is 17.8. The molecule has 0 amide bonds. The number of piperidine rings is 1. The highest BCUT2D eigenvalue weighted by Gasteiger charge is 2.15. The van der Waals surface area contributed by atoms with Crippen molar-refractivity contribution in [1.82, 2.24) is 10.2 Å². The molecule has 0 bridgehead atoms. The number of benzene rings is 1. The third-order valence-electron chi connectivity index (χ3n) is 5.16. The SMILES string of the molecule is C=C/C=C(\C=C(/CF)N1CCCCC1)C(C)NC(=C\C)/C=C/c1cccc(F)c1F. The van der Waals surface area contributed by atoms with Crippen molar-refractivity contribution in [1.29, 1.82) is 0 Å². The normalized spacial score (nSPS) is 17.4. The van der Waals surface area contributed by atoms with Crippen molar-refractivity contribution in [2.45, 2.75) is 39.2 Å². The minimum atomic E-state index is -0.877. The van der Waals surface area contributed by atoms with E-state index in [1.54, 1.807) is 12.2 Å². The van der Waals surface area contributed by atoms with Crippen LogP contribution in [0, 0.1) is 11.6 Å². The number of nitrogens with zero attached hydrogens (tertiary/aromatic N) is 1. The van der Waals surface area contributed by atoms with Crippen LogP contribution in [0.2, 0.25) is 0 Å². The van der Waals surface area contributed by atoms with Crippen LogP contribution in [0.4, 0.5) is 13.2 Å². The number of rotatable bonds is 9. The van der Waals surface area contributed by atoms with E-state index >= 15 is 0 Å². The fourth-order valence-corrected chi connectivity index (χ4v) is 3.43. The van der Waals surface area contributed by atoms with Gasteiger partial charge in [0.1, 0.15) is 6.67 Å². The van der Waals surface area contributed by atoms with Crippen LogP contribution < -0.4 is 5.32 Å². The first-order chi connectivity index (χ1) is 14.5. The molecule has 0 aromatic heterocycles. The second kappa shape index (κ2) is 12.1. The van der Waals surface area contributed by atoms with Crippen LogP contribution in [0.5, 0.6) is 0 Å². The average Bonchev–Trinajstić information content (AvgIpc) is 2.77. The van der Waals surface area contributed by atoms with Gasteiger partial charge in [0, 0.05) is 36.1 Å². The van der Waals surface area contributed by atoms with Gasteiger partial charge in [-0.3, -0.25) is 0 Å². The molecule has 0 spiro atoms. The zero-order chi connectivity index (χ0) is 21.9. The van der Waals surface area contributed by atoms with Crippen molar-refractivity contribution >= 4 is 6.08 Å². The Morgan fingerprint density at radius 2 is 1.97 bits per heavy atom. The summed E-state index contributed by atoms with van der Waals surface area (Å²) in [5, 5.41) is 3.34. The molecule has 0 radical (unpaired) electrons. The Labute approximate surface area is 178 Å². The quantitative estimate of drug-likeness (QED) is 0.475. The van der Waals surface area contributed by atoms with Gasteiger partial charge in [-0.1, -0.05) is 36.9 Å². The zero-order valence-electron chi connectivity index (χ0n) is 17.8. The van der Waals surface area contributed by atoms with Crippen LogP contribution in [0.3, 0.4) is 0 Å². The number of nitrogens with one attached hydrogen (secondary N) is 1. The molecular formula is C25H31F3N2. The van der Waals surface area contributed by atoms with E-state index in [0.717, 1.165) is 43.3 Å². The lowest BCUT2D eigenvalue weighted by atomic mass is 10.0. The lowest BCUT2D eigenvalue weighted by Gasteiger charge is -2.30. The van der Waals surface area contributed by atoms with Gasteiger partial charge < -0.3 is 10.2 Å². The molecule has 30 heavy (non-hydrogen) atoms. The van der Waals surface area contributed by atoms with E-state index in [4.69, 9.17) is 0 Å². The van der Waals surface area contributed by atoms with Crippen molar-refractivity contribution in [2.24, 2.45) is 0 Å². The molecule has 1 aliphatic rings. The number of hydrogen-bond acceptors (Lipinski definition) is 2. The van der Waals surface area contributed by atoms with Gasteiger partial charge in [0.05, 0.1) is 0 Å². The fourth-order valence-electron chi connectivity index (χ4n) is 3.43. The van der Waals surface area contributed by atoms with Crippen molar-refractivity contribution in [3.8, 4) is 0 Å². The van der Waals surface area contributed by atoms with E-state index in [-0.39, 0.29) is 11.6 Å². The molecule has 1 N–H and O–H groups in total. The average molecular weight is 417 g/mol. The van der Waals surface area contributed by atoms with Crippen molar-refractivity contribution in [3.63, 3.8) is 0 Å². The highest BCUT2D eigenvalue weighted by atomic mass is 19.2. The summed E-state index contributed by atoms with van der Waals surface area (Å²) in [6.07, 6.45) is 13.8. The molecule has 162 valence electrons. The van der Waals surface area contributed by atoms with E-state index in [9.17, 15) is 13.2 Å². The van der Waals surface area contributed by atoms with E-state index in [0.29, 0.717) is 5.70 Å². The first-order valence-electron chi connectivity index (χ1n) is 10.4. The molecule has 2 rings (SSSR count). The van der Waals surface area contributed by atoms with E-state index < -0.39 is 18.3 Å². The Morgan fingerprint density at radius 3 is 2.60 bits per heavy atom. The minimum absolute atomic E-state index is 0.137. The predicted octanol–water partition coefficient (Wildman–Crippen LogP) is 6.31. The maximum absolute atomic E-state index is 13.9. The molecule has 0 aliphatic carbocycles. The third-order valence-corrected chi connectivity index (χ3v) is 5.16. The number of likely N-dealkylation sites (tertiary alicyclic amines) is 1. The highest BCUT2D eigenvalue weighted by molar-refractivity contribution is 5.53. The van der Waals surface area contributed by atoms with E-state index in [2.05, 4.69) is 16.8 Å². The summed E-state index contributed by atoms with van der Waals surface area (Å²) in [6, 6.07) is 3.94. The molecule has 5 heteroatoms. The van der Waals surface area contributed by atoms with Gasteiger partial charge in [-0.15, -0.1) is 0 Å². The minimum Gasteiger partial charge on any atom is -0.379 e. The summed E-state index contributed by atoms with van der Waals surface area (Å²) in [4.78, 5) is 2.11. The largest absolute Gasteiger partial charge is 0.379 e. The molecule has 1 heterocycles. The smallest absolute Gasteiger partial charge is 0.166 e. The number of allylic oxidation sites excluding steroid dienone is 5. The van der Waals surface area contributed by atoms with Gasteiger partial charge in [-0.25, -0.2) is 13.2 Å². The summed E-state index contributed by atoms with van der Waals surface area (Å²) in [6.45, 7) is 8.84. The molecule has 1 aromatic carbocycles. The Bertz CT molecular complexity index is 831. The van der Waals surface area contributed by atoms with Crippen LogP contribution in [-0.4, -0.2) is 30.7 Å². The third kappa shape index (κ3) is 6.68.